The Balaban J connectivity index is 0.00000288. The first-order valence-electron chi connectivity index (χ1n) is 7.93. The summed E-state index contributed by atoms with van der Waals surface area (Å²) in [6.07, 6.45) is 5.68. The van der Waals surface area contributed by atoms with Crippen molar-refractivity contribution < 1.29 is 10.0 Å². The normalized spacial score (nSPS) is 17.7. The van der Waals surface area contributed by atoms with Crippen LogP contribution >= 0.6 is 24.8 Å². The Morgan fingerprint density at radius 3 is 2.68 bits per heavy atom. The molecule has 6 nitrogen and oxygen atoms in total. The predicted molar refractivity (Wildman–Crippen MR) is 106 cm³/mol. The van der Waals surface area contributed by atoms with E-state index < -0.39 is 5.91 Å². The number of carbonyl (C=O) groups is 1. The molecule has 3 N–H and O–H groups in total. The number of pyridine rings is 1. The molecule has 0 spiro atoms. The van der Waals surface area contributed by atoms with E-state index in [0.717, 1.165) is 37.4 Å². The van der Waals surface area contributed by atoms with Gasteiger partial charge in [0.05, 0.1) is 0 Å². The van der Waals surface area contributed by atoms with E-state index in [4.69, 9.17) is 5.21 Å². The van der Waals surface area contributed by atoms with Gasteiger partial charge >= 0.3 is 0 Å². The molecule has 0 saturated carbocycles. The van der Waals surface area contributed by atoms with Gasteiger partial charge in [-0.15, -0.1) is 24.8 Å². The number of nitrogens with zero attached hydrogens (tertiary/aromatic N) is 2. The number of halogens is 2. The van der Waals surface area contributed by atoms with Crippen molar-refractivity contribution in [2.24, 2.45) is 5.41 Å². The van der Waals surface area contributed by atoms with Gasteiger partial charge in [-0.05, 0) is 35.6 Å². The maximum Gasteiger partial charge on any atom is 0.267 e. The molecule has 0 unspecified atom stereocenters. The number of hydroxylamine groups is 1. The van der Waals surface area contributed by atoms with Crippen molar-refractivity contribution in [2.75, 3.05) is 25.0 Å². The lowest BCUT2D eigenvalue weighted by molar-refractivity contribution is -0.124. The molecule has 0 radical (unpaired) electrons. The fourth-order valence-electron chi connectivity index (χ4n) is 2.77. The monoisotopic (exact) mass is 390 g/mol. The molecule has 0 aliphatic carbocycles. The number of carbonyl (C=O) groups excluding carboxylic acids is 1. The van der Waals surface area contributed by atoms with Crippen LogP contribution in [0, 0.1) is 5.41 Å². The van der Waals surface area contributed by atoms with Crippen LogP contribution in [0.25, 0.3) is 6.08 Å². The average molecular weight is 391 g/mol. The molecule has 1 aliphatic heterocycles. The van der Waals surface area contributed by atoms with Crippen LogP contribution in [0.15, 0.2) is 24.4 Å². The smallest absolute Gasteiger partial charge is 0.267 e. The zero-order chi connectivity index (χ0) is 16.9. The Kier molecular flexibility index (Phi) is 10.0. The second-order valence-corrected chi connectivity index (χ2v) is 7.21. The van der Waals surface area contributed by atoms with Gasteiger partial charge in [0, 0.05) is 37.9 Å². The molecule has 2 rings (SSSR count). The highest BCUT2D eigenvalue weighted by atomic mass is 35.5. The van der Waals surface area contributed by atoms with Crippen LogP contribution in [0.5, 0.6) is 0 Å². The number of aromatic nitrogens is 1. The molecular formula is C17H28Cl2N4O2. The zero-order valence-electron chi connectivity index (χ0n) is 14.9. The summed E-state index contributed by atoms with van der Waals surface area (Å²) >= 11 is 0. The van der Waals surface area contributed by atoms with Gasteiger partial charge in [-0.25, -0.2) is 10.5 Å². The van der Waals surface area contributed by atoms with Crippen molar-refractivity contribution >= 4 is 42.6 Å². The lowest BCUT2D eigenvalue weighted by atomic mass is 9.96. The van der Waals surface area contributed by atoms with Crippen LogP contribution in [0.4, 0.5) is 5.82 Å². The van der Waals surface area contributed by atoms with Crippen molar-refractivity contribution in [1.82, 2.24) is 15.4 Å². The number of likely N-dealkylation sites (tertiary alicyclic amines) is 1. The maximum atomic E-state index is 10.9. The summed E-state index contributed by atoms with van der Waals surface area (Å²) in [5.41, 5.74) is 2.68. The molecule has 1 amide bonds. The number of rotatable bonds is 5. The standard InChI is InChI=1S/C17H26N4O2.2ClH/c1-17(2,3)12-21-9-8-14(11-21)19-15-6-4-13(10-18-15)5-7-16(22)20-23;;/h4-7,10,14,23H,8-9,11-12H2,1-3H3,(H,18,19)(H,20,22);2*1H/b7-5+;;/t14-;;/m1../s1. The second kappa shape index (κ2) is 10.6. The number of anilines is 1. The molecular weight excluding hydrogens is 363 g/mol. The number of amides is 1. The largest absolute Gasteiger partial charge is 0.366 e. The SMILES string of the molecule is CC(C)(C)CN1CC[C@@H](Nc2ccc(/C=C/C(=O)NO)cn2)C1.Cl.Cl. The number of nitrogens with one attached hydrogen (secondary N) is 2. The minimum Gasteiger partial charge on any atom is -0.366 e. The molecule has 2 heterocycles. The van der Waals surface area contributed by atoms with Gasteiger partial charge < -0.3 is 10.2 Å². The molecule has 1 saturated heterocycles. The highest BCUT2D eigenvalue weighted by Crippen LogP contribution is 2.21. The summed E-state index contributed by atoms with van der Waals surface area (Å²) in [5, 5.41) is 11.9. The van der Waals surface area contributed by atoms with Crippen molar-refractivity contribution in [3.63, 3.8) is 0 Å². The van der Waals surface area contributed by atoms with E-state index in [2.05, 4.69) is 36.0 Å². The molecule has 25 heavy (non-hydrogen) atoms. The first-order valence-corrected chi connectivity index (χ1v) is 7.93. The van der Waals surface area contributed by atoms with Crippen LogP contribution in [0.1, 0.15) is 32.8 Å². The Bertz CT molecular complexity index is 559. The lowest BCUT2D eigenvalue weighted by Gasteiger charge is -2.26. The molecule has 142 valence electrons. The Labute approximate surface area is 161 Å². The summed E-state index contributed by atoms with van der Waals surface area (Å²) in [7, 11) is 0. The number of hydrogen-bond acceptors (Lipinski definition) is 5. The molecule has 0 bridgehead atoms. The Morgan fingerprint density at radius 2 is 2.12 bits per heavy atom. The van der Waals surface area contributed by atoms with Crippen LogP contribution in [0.2, 0.25) is 0 Å². The van der Waals surface area contributed by atoms with Gasteiger partial charge in [0.2, 0.25) is 0 Å². The summed E-state index contributed by atoms with van der Waals surface area (Å²) in [6, 6.07) is 4.22. The van der Waals surface area contributed by atoms with Crippen LogP contribution in [-0.4, -0.2) is 46.7 Å². The third kappa shape index (κ3) is 8.54. The van der Waals surface area contributed by atoms with Crippen LogP contribution in [-0.2, 0) is 4.79 Å². The van der Waals surface area contributed by atoms with Crippen molar-refractivity contribution in [3.8, 4) is 0 Å². The summed E-state index contributed by atoms with van der Waals surface area (Å²) in [6.45, 7) is 10.0. The van der Waals surface area contributed by atoms with E-state index in [1.165, 1.54) is 6.08 Å². The fourth-order valence-corrected chi connectivity index (χ4v) is 2.77. The van der Waals surface area contributed by atoms with Crippen LogP contribution < -0.4 is 10.8 Å². The first-order chi connectivity index (χ1) is 10.9. The molecule has 1 atom stereocenters. The maximum absolute atomic E-state index is 10.9. The molecule has 0 aromatic carbocycles. The van der Waals surface area contributed by atoms with E-state index in [1.807, 2.05) is 12.1 Å². The molecule has 1 aliphatic rings. The predicted octanol–water partition coefficient (Wildman–Crippen LogP) is 2.98. The van der Waals surface area contributed by atoms with Crippen molar-refractivity contribution in [2.45, 2.75) is 33.2 Å². The van der Waals surface area contributed by atoms with Gasteiger partial charge in [-0.2, -0.15) is 0 Å². The highest BCUT2D eigenvalue weighted by molar-refractivity contribution is 5.90. The Hall–Kier alpha value is -1.34. The van der Waals surface area contributed by atoms with Gasteiger partial charge in [0.25, 0.3) is 5.91 Å². The third-order valence-corrected chi connectivity index (χ3v) is 3.65. The van der Waals surface area contributed by atoms with Gasteiger partial charge in [-0.1, -0.05) is 20.8 Å². The van der Waals surface area contributed by atoms with E-state index in [-0.39, 0.29) is 24.8 Å². The minimum absolute atomic E-state index is 0. The second-order valence-electron chi connectivity index (χ2n) is 7.21. The third-order valence-electron chi connectivity index (χ3n) is 3.65. The topological polar surface area (TPSA) is 77.5 Å². The van der Waals surface area contributed by atoms with Crippen molar-refractivity contribution in [3.05, 3.63) is 30.0 Å². The number of hydrogen-bond donors (Lipinski definition) is 3. The van der Waals surface area contributed by atoms with E-state index in [1.54, 1.807) is 17.8 Å². The average Bonchev–Trinajstić information content (AvgIpc) is 2.91. The molecule has 1 aromatic heterocycles. The lowest BCUT2D eigenvalue weighted by Crippen LogP contribution is -2.33. The molecule has 8 heteroatoms. The van der Waals surface area contributed by atoms with E-state index in [9.17, 15) is 4.79 Å². The van der Waals surface area contributed by atoms with Gasteiger partial charge in [0.15, 0.2) is 0 Å². The Morgan fingerprint density at radius 1 is 1.40 bits per heavy atom. The zero-order valence-corrected chi connectivity index (χ0v) is 16.5. The van der Waals surface area contributed by atoms with Crippen LogP contribution in [0.3, 0.4) is 0 Å². The fraction of sp³-hybridized carbons (Fsp3) is 0.529. The summed E-state index contributed by atoms with van der Waals surface area (Å²) in [4.78, 5) is 17.8. The summed E-state index contributed by atoms with van der Waals surface area (Å²) < 4.78 is 0. The quantitative estimate of drug-likeness (QED) is 0.409. The van der Waals surface area contributed by atoms with Crippen molar-refractivity contribution in [1.29, 1.82) is 0 Å². The van der Waals surface area contributed by atoms with Gasteiger partial charge in [-0.3, -0.25) is 10.0 Å². The minimum atomic E-state index is -0.558. The molecule has 1 fully saturated rings. The van der Waals surface area contributed by atoms with E-state index >= 15 is 0 Å². The first kappa shape index (κ1) is 23.7. The van der Waals surface area contributed by atoms with Gasteiger partial charge in [0.1, 0.15) is 5.82 Å². The van der Waals surface area contributed by atoms with E-state index in [0.29, 0.717) is 11.5 Å². The highest BCUT2D eigenvalue weighted by Gasteiger charge is 2.25. The molecule has 1 aromatic rings. The summed E-state index contributed by atoms with van der Waals surface area (Å²) in [5.74, 6) is 0.286.